The maximum Gasteiger partial charge on any atom is 0.416 e. The van der Waals surface area contributed by atoms with Crippen LogP contribution in [-0.4, -0.2) is 29.9 Å². The van der Waals surface area contributed by atoms with E-state index in [9.17, 15) is 18.0 Å². The number of carbonyl (C=O) groups excluding carboxylic acids is 1. The summed E-state index contributed by atoms with van der Waals surface area (Å²) in [7, 11) is 0. The molecule has 1 heterocycles. The van der Waals surface area contributed by atoms with Gasteiger partial charge in [0, 0.05) is 18.5 Å². The average Bonchev–Trinajstić information content (AvgIpc) is 2.51. The molecule has 3 nitrogen and oxygen atoms in total. The molecule has 1 saturated carbocycles. The van der Waals surface area contributed by atoms with Gasteiger partial charge in [0.25, 0.3) is 0 Å². The van der Waals surface area contributed by atoms with Crippen LogP contribution in [0.2, 0.25) is 0 Å². The van der Waals surface area contributed by atoms with Crippen molar-refractivity contribution in [2.45, 2.75) is 50.9 Å². The number of amides is 1. The van der Waals surface area contributed by atoms with Crippen molar-refractivity contribution in [2.75, 3.05) is 13.1 Å². The van der Waals surface area contributed by atoms with Crippen molar-refractivity contribution in [1.82, 2.24) is 10.2 Å². The smallest absolute Gasteiger partial charge is 0.353 e. The normalized spacial score (nSPS) is 20.6. The fourth-order valence-electron chi connectivity index (χ4n) is 3.40. The molecule has 132 valence electrons. The summed E-state index contributed by atoms with van der Waals surface area (Å²) >= 11 is 0. The number of likely N-dealkylation sites (tertiary alicyclic amines) is 1. The van der Waals surface area contributed by atoms with E-state index in [1.54, 1.807) is 6.07 Å². The molecule has 0 radical (unpaired) electrons. The van der Waals surface area contributed by atoms with Gasteiger partial charge in [-0.2, -0.15) is 13.2 Å². The lowest BCUT2D eigenvalue weighted by Crippen LogP contribution is -2.45. The van der Waals surface area contributed by atoms with E-state index in [2.05, 4.69) is 5.32 Å². The minimum Gasteiger partial charge on any atom is -0.353 e. The molecule has 1 aliphatic carbocycles. The lowest BCUT2D eigenvalue weighted by Gasteiger charge is -2.34. The molecule has 1 aromatic rings. The molecule has 1 aromatic carbocycles. The molecule has 0 atom stereocenters. The second-order valence-corrected chi connectivity index (χ2v) is 6.84. The Hall–Kier alpha value is -1.56. The molecule has 0 bridgehead atoms. The molecule has 6 heteroatoms. The van der Waals surface area contributed by atoms with Crippen LogP contribution < -0.4 is 5.32 Å². The van der Waals surface area contributed by atoms with Crippen molar-refractivity contribution in [2.24, 2.45) is 5.92 Å². The fraction of sp³-hybridized carbons (Fsp3) is 0.611. The summed E-state index contributed by atoms with van der Waals surface area (Å²) in [5.74, 6) is 0.120. The molecule has 1 N–H and O–H groups in total. The van der Waals surface area contributed by atoms with Crippen LogP contribution in [0, 0.1) is 5.92 Å². The van der Waals surface area contributed by atoms with E-state index < -0.39 is 11.7 Å². The third-order valence-electron chi connectivity index (χ3n) is 5.13. The number of piperidine rings is 1. The van der Waals surface area contributed by atoms with E-state index in [0.717, 1.165) is 18.9 Å². The first-order valence-corrected chi connectivity index (χ1v) is 8.61. The third-order valence-corrected chi connectivity index (χ3v) is 5.13. The van der Waals surface area contributed by atoms with Crippen LogP contribution in [0.3, 0.4) is 0 Å². The number of rotatable bonds is 4. The zero-order valence-corrected chi connectivity index (χ0v) is 13.6. The van der Waals surface area contributed by atoms with Crippen LogP contribution in [-0.2, 0) is 17.5 Å². The van der Waals surface area contributed by atoms with Crippen molar-refractivity contribution >= 4 is 5.91 Å². The zero-order chi connectivity index (χ0) is 17.2. The molecule has 0 spiro atoms. The highest BCUT2D eigenvalue weighted by atomic mass is 19.4. The minimum absolute atomic E-state index is 0.000269. The molecule has 1 amide bonds. The van der Waals surface area contributed by atoms with Gasteiger partial charge in [-0.25, -0.2) is 0 Å². The molecule has 1 aliphatic heterocycles. The predicted molar refractivity (Wildman–Crippen MR) is 85.2 cm³/mol. The summed E-state index contributed by atoms with van der Waals surface area (Å²) in [4.78, 5) is 14.2. The first-order chi connectivity index (χ1) is 11.4. The molecule has 2 aliphatic rings. The standard InChI is InChI=1S/C18H23F3N2O/c19-18(20,21)16-7-2-1-4-14(16)12-23-10-8-13(9-11-23)17(24)22-15-5-3-6-15/h1-2,4,7,13,15H,3,5-6,8-12H2,(H,22,24). The van der Waals surface area contributed by atoms with Crippen molar-refractivity contribution in [3.8, 4) is 0 Å². The van der Waals surface area contributed by atoms with Crippen LogP contribution in [0.4, 0.5) is 13.2 Å². The average molecular weight is 340 g/mol. The van der Waals surface area contributed by atoms with Crippen LogP contribution >= 0.6 is 0 Å². The van der Waals surface area contributed by atoms with Gasteiger partial charge in [0.05, 0.1) is 5.56 Å². The van der Waals surface area contributed by atoms with Crippen molar-refractivity contribution in [3.05, 3.63) is 35.4 Å². The lowest BCUT2D eigenvalue weighted by molar-refractivity contribution is -0.138. The Balaban J connectivity index is 1.53. The molecule has 24 heavy (non-hydrogen) atoms. The number of halogens is 3. The first-order valence-electron chi connectivity index (χ1n) is 8.61. The summed E-state index contributed by atoms with van der Waals surface area (Å²) < 4.78 is 39.2. The molecule has 0 aromatic heterocycles. The quantitative estimate of drug-likeness (QED) is 0.908. The highest BCUT2D eigenvalue weighted by Gasteiger charge is 2.34. The molecule has 0 unspecified atom stereocenters. The van der Waals surface area contributed by atoms with Crippen molar-refractivity contribution in [1.29, 1.82) is 0 Å². The van der Waals surface area contributed by atoms with Gasteiger partial charge in [-0.05, 0) is 56.8 Å². The van der Waals surface area contributed by atoms with E-state index in [0.29, 0.717) is 37.5 Å². The summed E-state index contributed by atoms with van der Waals surface area (Å²) in [5.41, 5.74) is -0.253. The molecular formula is C18H23F3N2O. The molecule has 1 saturated heterocycles. The summed E-state index contributed by atoms with van der Waals surface area (Å²) in [5, 5.41) is 3.07. The molecular weight excluding hydrogens is 317 g/mol. The predicted octanol–water partition coefficient (Wildman–Crippen LogP) is 3.59. The monoisotopic (exact) mass is 340 g/mol. The van der Waals surface area contributed by atoms with Gasteiger partial charge in [-0.15, -0.1) is 0 Å². The van der Waals surface area contributed by atoms with Gasteiger partial charge in [0.1, 0.15) is 0 Å². The largest absolute Gasteiger partial charge is 0.416 e. The Morgan fingerprint density at radius 2 is 1.79 bits per heavy atom. The molecule has 3 rings (SSSR count). The van der Waals surface area contributed by atoms with Gasteiger partial charge in [0.15, 0.2) is 0 Å². The Kier molecular flexibility index (Phi) is 5.13. The Labute approximate surface area is 140 Å². The summed E-state index contributed by atoms with van der Waals surface area (Å²) in [6, 6.07) is 6.08. The van der Waals surface area contributed by atoms with Gasteiger partial charge >= 0.3 is 6.18 Å². The maximum atomic E-state index is 13.1. The first kappa shape index (κ1) is 17.3. The number of benzene rings is 1. The van der Waals surface area contributed by atoms with E-state index in [1.165, 1.54) is 18.6 Å². The van der Waals surface area contributed by atoms with Crippen molar-refractivity contribution in [3.63, 3.8) is 0 Å². The Bertz CT molecular complexity index is 576. The number of hydrogen-bond acceptors (Lipinski definition) is 2. The van der Waals surface area contributed by atoms with E-state index in [1.807, 2.05) is 4.90 Å². The topological polar surface area (TPSA) is 32.3 Å². The number of nitrogens with zero attached hydrogens (tertiary/aromatic N) is 1. The van der Waals surface area contributed by atoms with Gasteiger partial charge < -0.3 is 5.32 Å². The number of nitrogens with one attached hydrogen (secondary N) is 1. The SMILES string of the molecule is O=C(NC1CCC1)C1CCN(Cc2ccccc2C(F)(F)F)CC1. The third kappa shape index (κ3) is 4.09. The van der Waals surface area contributed by atoms with E-state index >= 15 is 0 Å². The number of carbonyl (C=O) groups is 1. The fourth-order valence-corrected chi connectivity index (χ4v) is 3.40. The molecule has 2 fully saturated rings. The maximum absolute atomic E-state index is 13.1. The van der Waals surface area contributed by atoms with Crippen LogP contribution in [0.5, 0.6) is 0 Å². The Morgan fingerprint density at radius 1 is 1.12 bits per heavy atom. The van der Waals surface area contributed by atoms with Crippen LogP contribution in [0.25, 0.3) is 0 Å². The van der Waals surface area contributed by atoms with E-state index in [-0.39, 0.29) is 18.4 Å². The highest BCUT2D eigenvalue weighted by molar-refractivity contribution is 5.79. The zero-order valence-electron chi connectivity index (χ0n) is 13.6. The highest BCUT2D eigenvalue weighted by Crippen LogP contribution is 2.33. The minimum atomic E-state index is -4.32. The van der Waals surface area contributed by atoms with Gasteiger partial charge in [0.2, 0.25) is 5.91 Å². The van der Waals surface area contributed by atoms with Gasteiger partial charge in [-0.1, -0.05) is 18.2 Å². The van der Waals surface area contributed by atoms with Crippen molar-refractivity contribution < 1.29 is 18.0 Å². The van der Waals surface area contributed by atoms with E-state index in [4.69, 9.17) is 0 Å². The number of alkyl halides is 3. The van der Waals surface area contributed by atoms with Crippen LogP contribution in [0.1, 0.15) is 43.2 Å². The summed E-state index contributed by atoms with van der Waals surface area (Å²) in [6.07, 6.45) is 0.427. The Morgan fingerprint density at radius 3 is 2.38 bits per heavy atom. The lowest BCUT2D eigenvalue weighted by atomic mass is 9.90. The second kappa shape index (κ2) is 7.13. The number of hydrogen-bond donors (Lipinski definition) is 1. The van der Waals surface area contributed by atoms with Crippen LogP contribution in [0.15, 0.2) is 24.3 Å². The summed E-state index contributed by atoms with van der Waals surface area (Å²) in [6.45, 7) is 1.61. The second-order valence-electron chi connectivity index (χ2n) is 6.84. The van der Waals surface area contributed by atoms with Gasteiger partial charge in [-0.3, -0.25) is 9.69 Å².